The topological polar surface area (TPSA) is 55.4 Å². The number of benzene rings is 2. The number of fused-ring (bicyclic) bond motifs is 1. The van der Waals surface area contributed by atoms with E-state index in [0.29, 0.717) is 16.7 Å². The minimum absolute atomic E-state index is 0.0977. The maximum atomic E-state index is 13.4. The van der Waals surface area contributed by atoms with E-state index in [4.69, 9.17) is 4.98 Å². The summed E-state index contributed by atoms with van der Waals surface area (Å²) in [5, 5.41) is 5.20. The maximum Gasteiger partial charge on any atom is 0.282 e. The van der Waals surface area contributed by atoms with Gasteiger partial charge in [-0.05, 0) is 68.8 Å². The van der Waals surface area contributed by atoms with Crippen molar-refractivity contribution in [1.82, 2.24) is 14.2 Å². The summed E-state index contributed by atoms with van der Waals surface area (Å²) < 4.78 is 4.50. The van der Waals surface area contributed by atoms with Crippen LogP contribution in [0.15, 0.2) is 62.9 Å². The Hall–Kier alpha value is -3.19. The van der Waals surface area contributed by atoms with E-state index in [0.717, 1.165) is 39.2 Å². The van der Waals surface area contributed by atoms with E-state index in [1.165, 1.54) is 4.68 Å². The number of aromatic nitrogens is 3. The van der Waals surface area contributed by atoms with Crippen LogP contribution in [0.4, 0.5) is 5.69 Å². The van der Waals surface area contributed by atoms with Gasteiger partial charge in [0.1, 0.15) is 5.82 Å². The van der Waals surface area contributed by atoms with Crippen molar-refractivity contribution in [2.45, 2.75) is 40.0 Å². The smallest absolute Gasteiger partial charge is 0.282 e. The predicted molar refractivity (Wildman–Crippen MR) is 145 cm³/mol. The molecule has 0 unspecified atom stereocenters. The summed E-state index contributed by atoms with van der Waals surface area (Å²) in [7, 11) is 4.07. The third-order valence-electron chi connectivity index (χ3n) is 6.29. The Bertz CT molecular complexity index is 1430. The van der Waals surface area contributed by atoms with Crippen LogP contribution in [-0.4, -0.2) is 34.5 Å². The van der Waals surface area contributed by atoms with E-state index < -0.39 is 0 Å². The largest absolute Gasteiger partial charge is 0.378 e. The average Bonchev–Trinajstić information content (AvgIpc) is 3.11. The van der Waals surface area contributed by atoms with Gasteiger partial charge in [-0.25, -0.2) is 4.98 Å². The lowest BCUT2D eigenvalue weighted by Gasteiger charge is -2.15. The molecule has 0 saturated carbocycles. The number of rotatable bonds is 6. The molecule has 0 spiro atoms. The summed E-state index contributed by atoms with van der Waals surface area (Å²) in [6, 6.07) is 16.1. The zero-order valence-corrected chi connectivity index (χ0v) is 22.1. The van der Waals surface area contributed by atoms with Crippen molar-refractivity contribution < 1.29 is 0 Å². The molecule has 7 heteroatoms. The van der Waals surface area contributed by atoms with Crippen molar-refractivity contribution in [3.63, 3.8) is 0 Å². The zero-order valence-electron chi connectivity index (χ0n) is 20.5. The first kappa shape index (κ1) is 24.0. The molecule has 34 heavy (non-hydrogen) atoms. The number of hydrogen-bond donors (Lipinski definition) is 0. The van der Waals surface area contributed by atoms with Gasteiger partial charge in [0.05, 0.1) is 17.1 Å². The van der Waals surface area contributed by atoms with Gasteiger partial charge in [-0.3, -0.25) is 4.79 Å². The van der Waals surface area contributed by atoms with Crippen LogP contribution in [0.2, 0.25) is 0 Å². The van der Waals surface area contributed by atoms with Crippen LogP contribution < -0.4 is 10.5 Å². The Morgan fingerprint density at radius 1 is 1.12 bits per heavy atom. The molecular weight excluding hydrogens is 490 g/mol. The monoisotopic (exact) mass is 519 g/mol. The number of nitrogens with zero attached hydrogens (tertiary/aromatic N) is 5. The number of halogens is 1. The molecule has 0 N–H and O–H groups in total. The van der Waals surface area contributed by atoms with Crippen LogP contribution in [0.1, 0.15) is 49.0 Å². The Labute approximate surface area is 208 Å². The van der Waals surface area contributed by atoms with E-state index in [1.807, 2.05) is 26.2 Å². The lowest BCUT2D eigenvalue weighted by Crippen LogP contribution is -2.23. The first-order valence-corrected chi connectivity index (χ1v) is 12.2. The molecule has 2 aromatic heterocycles. The van der Waals surface area contributed by atoms with Crippen molar-refractivity contribution >= 4 is 38.7 Å². The highest BCUT2D eigenvalue weighted by molar-refractivity contribution is 9.10. The van der Waals surface area contributed by atoms with E-state index in [-0.39, 0.29) is 11.5 Å². The molecular formula is C27H30BrN5O. The fourth-order valence-corrected chi connectivity index (χ4v) is 4.48. The first-order chi connectivity index (χ1) is 16.2. The van der Waals surface area contributed by atoms with E-state index >= 15 is 0 Å². The highest BCUT2D eigenvalue weighted by Gasteiger charge is 2.16. The van der Waals surface area contributed by atoms with Crippen LogP contribution in [0, 0.1) is 13.8 Å². The maximum absolute atomic E-state index is 13.4. The minimum Gasteiger partial charge on any atom is -0.378 e. The van der Waals surface area contributed by atoms with Gasteiger partial charge in [0.15, 0.2) is 0 Å². The summed E-state index contributed by atoms with van der Waals surface area (Å²) >= 11 is 3.46. The second kappa shape index (κ2) is 9.58. The fourth-order valence-electron chi connectivity index (χ4n) is 4.11. The quantitative estimate of drug-likeness (QED) is 0.292. The van der Waals surface area contributed by atoms with Crippen LogP contribution >= 0.6 is 15.9 Å². The second-order valence-corrected chi connectivity index (χ2v) is 9.79. The van der Waals surface area contributed by atoms with Gasteiger partial charge < -0.3 is 9.47 Å². The average molecular weight is 520 g/mol. The van der Waals surface area contributed by atoms with Crippen LogP contribution in [0.25, 0.3) is 16.6 Å². The molecule has 0 aliphatic heterocycles. The Kier molecular flexibility index (Phi) is 6.75. The Morgan fingerprint density at radius 3 is 2.47 bits per heavy atom. The van der Waals surface area contributed by atoms with Gasteiger partial charge in [-0.15, -0.1) is 0 Å². The SMILES string of the molecule is CC[C@@H](C)c1nc2ccc(Br)cc2c(=O)n1N=Cc1cc(C)n(-c2ccc(N(C)C)cc2)c1C. The van der Waals surface area contributed by atoms with E-state index in [9.17, 15) is 4.79 Å². The van der Waals surface area contributed by atoms with Crippen molar-refractivity contribution in [2.24, 2.45) is 5.10 Å². The van der Waals surface area contributed by atoms with Crippen LogP contribution in [0.5, 0.6) is 0 Å². The fraction of sp³-hybridized carbons (Fsp3) is 0.296. The molecule has 4 aromatic rings. The second-order valence-electron chi connectivity index (χ2n) is 8.88. The Balaban J connectivity index is 1.80. The normalized spacial score (nSPS) is 12.6. The molecule has 176 valence electrons. The third kappa shape index (κ3) is 4.44. The summed E-state index contributed by atoms with van der Waals surface area (Å²) in [5.41, 5.74) is 5.90. The van der Waals surface area contributed by atoms with Crippen molar-refractivity contribution in [3.8, 4) is 5.69 Å². The highest BCUT2D eigenvalue weighted by atomic mass is 79.9. The molecule has 0 fully saturated rings. The molecule has 0 saturated heterocycles. The molecule has 0 radical (unpaired) electrons. The lowest BCUT2D eigenvalue weighted by molar-refractivity contribution is 0.613. The van der Waals surface area contributed by atoms with Gasteiger partial charge in [0.2, 0.25) is 0 Å². The van der Waals surface area contributed by atoms with Gasteiger partial charge in [-0.1, -0.05) is 29.8 Å². The summed E-state index contributed by atoms with van der Waals surface area (Å²) in [6.07, 6.45) is 2.63. The number of aryl methyl sites for hydroxylation is 1. The van der Waals surface area contributed by atoms with Crippen molar-refractivity contribution in [1.29, 1.82) is 0 Å². The number of anilines is 1. The zero-order chi connectivity index (χ0) is 24.6. The van der Waals surface area contributed by atoms with Gasteiger partial charge in [0.25, 0.3) is 5.56 Å². The Morgan fingerprint density at radius 2 is 1.82 bits per heavy atom. The molecule has 4 rings (SSSR count). The summed E-state index contributed by atoms with van der Waals surface area (Å²) in [6.45, 7) is 8.31. The molecule has 0 bridgehead atoms. The van der Waals surface area contributed by atoms with Crippen molar-refractivity contribution in [3.05, 3.63) is 86.1 Å². The molecule has 0 aliphatic carbocycles. The minimum atomic E-state index is -0.161. The highest BCUT2D eigenvalue weighted by Crippen LogP contribution is 2.23. The summed E-state index contributed by atoms with van der Waals surface area (Å²) in [5.74, 6) is 0.771. The summed E-state index contributed by atoms with van der Waals surface area (Å²) in [4.78, 5) is 20.3. The lowest BCUT2D eigenvalue weighted by atomic mass is 10.1. The molecule has 1 atom stereocenters. The molecule has 2 aromatic carbocycles. The van der Waals surface area contributed by atoms with Crippen LogP contribution in [0.3, 0.4) is 0 Å². The molecule has 0 aliphatic rings. The molecule has 2 heterocycles. The predicted octanol–water partition coefficient (Wildman–Crippen LogP) is 6.03. The standard InChI is InChI=1S/C27H30BrN5O/c1-7-17(2)26-30-25-13-8-21(28)15-24(25)27(34)33(26)29-16-20-14-18(3)32(19(20)4)23-11-9-22(10-12-23)31(5)6/h8-17H,7H2,1-6H3/t17-/m1/s1. The van der Waals surface area contributed by atoms with Gasteiger partial charge in [0, 0.05) is 52.8 Å². The third-order valence-corrected chi connectivity index (χ3v) is 6.79. The van der Waals surface area contributed by atoms with Crippen LogP contribution in [-0.2, 0) is 0 Å². The van der Waals surface area contributed by atoms with E-state index in [2.05, 4.69) is 88.5 Å². The number of hydrogen-bond acceptors (Lipinski definition) is 4. The van der Waals surface area contributed by atoms with Crippen molar-refractivity contribution in [2.75, 3.05) is 19.0 Å². The molecule has 6 nitrogen and oxygen atoms in total. The van der Waals surface area contributed by atoms with Gasteiger partial charge >= 0.3 is 0 Å². The first-order valence-electron chi connectivity index (χ1n) is 11.4. The molecule has 0 amide bonds. The van der Waals surface area contributed by atoms with Gasteiger partial charge in [-0.2, -0.15) is 9.78 Å². The van der Waals surface area contributed by atoms with E-state index in [1.54, 1.807) is 12.3 Å².